The molecule has 0 amide bonds. The Balaban J connectivity index is 0.000000215. The zero-order chi connectivity index (χ0) is 28.9. The van der Waals surface area contributed by atoms with Gasteiger partial charge in [0.1, 0.15) is 36.3 Å². The number of ether oxygens (including phenoxy) is 2. The molecular formula is C20H26F3N7O10. The van der Waals surface area contributed by atoms with Gasteiger partial charge >= 0.3 is 17.6 Å². The number of nitrogen functional groups attached to an aromatic ring is 1. The zero-order valence-electron chi connectivity index (χ0n) is 20.4. The van der Waals surface area contributed by atoms with Gasteiger partial charge in [-0.25, -0.2) is 24.3 Å². The molecule has 0 radical (unpaired) electrons. The quantitative estimate of drug-likeness (QED) is 0.155. The average Bonchev–Trinajstić information content (AvgIpc) is 3.50. The van der Waals surface area contributed by atoms with E-state index < -0.39 is 73.1 Å². The smallest absolute Gasteiger partial charge is 0.365 e. The number of nitrogens with one attached hydrogen (secondary N) is 1. The van der Waals surface area contributed by atoms with Crippen molar-refractivity contribution < 1.29 is 53.7 Å². The van der Waals surface area contributed by atoms with Crippen LogP contribution in [0.2, 0.25) is 0 Å². The lowest BCUT2D eigenvalue weighted by Crippen LogP contribution is -2.53. The topological polar surface area (TPSA) is 276 Å². The summed E-state index contributed by atoms with van der Waals surface area (Å²) in [6.45, 7) is -0.289. The van der Waals surface area contributed by atoms with E-state index in [2.05, 4.69) is 19.7 Å². The van der Waals surface area contributed by atoms with E-state index in [1.54, 1.807) is 4.98 Å². The normalized spacial score (nSPS) is 31.0. The summed E-state index contributed by atoms with van der Waals surface area (Å²) in [5, 5.41) is 46.8. The van der Waals surface area contributed by atoms with Crippen molar-refractivity contribution in [2.24, 2.45) is 0 Å². The molecule has 0 saturated carbocycles. The Morgan fingerprint density at radius 2 is 1.73 bits per heavy atom. The van der Waals surface area contributed by atoms with Crippen LogP contribution in [0.4, 0.5) is 19.0 Å². The molecule has 0 aliphatic carbocycles. The van der Waals surface area contributed by atoms with Crippen LogP contribution in [0.25, 0.3) is 11.2 Å². The molecule has 2 saturated heterocycles. The van der Waals surface area contributed by atoms with Gasteiger partial charge in [0.15, 0.2) is 23.8 Å². The van der Waals surface area contributed by atoms with E-state index in [1.165, 1.54) is 24.1 Å². The number of aromatic amines is 1. The Morgan fingerprint density at radius 3 is 2.30 bits per heavy atom. The maximum atomic E-state index is 14.5. The lowest BCUT2D eigenvalue weighted by Gasteiger charge is -2.27. The summed E-state index contributed by atoms with van der Waals surface area (Å²) < 4.78 is 53.1. The molecule has 3 aromatic rings. The number of hydrogen-bond acceptors (Lipinski definition) is 13. The van der Waals surface area contributed by atoms with Gasteiger partial charge < -0.3 is 46.2 Å². The number of imidazole rings is 1. The molecule has 17 nitrogen and oxygen atoms in total. The number of nitrogens with zero attached hydrogens (tertiary/aromatic N) is 5. The Hall–Kier alpha value is -3.50. The first-order chi connectivity index (χ1) is 18.3. The first-order valence-corrected chi connectivity index (χ1v) is 11.2. The van der Waals surface area contributed by atoms with Crippen LogP contribution in [0.15, 0.2) is 28.4 Å². The highest BCUT2D eigenvalue weighted by Gasteiger charge is 2.71. The Kier molecular flexibility index (Phi) is 8.67. The van der Waals surface area contributed by atoms with Crippen molar-refractivity contribution >= 4 is 17.0 Å². The monoisotopic (exact) mass is 581 g/mol. The first kappa shape index (κ1) is 31.0. The third-order valence-electron chi connectivity index (χ3n) is 6.23. The molecule has 40 heavy (non-hydrogen) atoms. The molecule has 0 unspecified atom stereocenters. The number of aryl methyl sites for hydroxylation is 1. The van der Waals surface area contributed by atoms with Gasteiger partial charge in [-0.1, -0.05) is 0 Å². The fraction of sp³-hybridized carbons (Fsp3) is 0.550. The molecule has 5 heterocycles. The second kappa shape index (κ2) is 11.2. The summed E-state index contributed by atoms with van der Waals surface area (Å²) >= 11 is 0. The molecule has 2 aliphatic rings. The molecule has 0 bridgehead atoms. The lowest BCUT2D eigenvalue weighted by molar-refractivity contribution is -0.297. The predicted octanol–water partition coefficient (Wildman–Crippen LogP) is -3.99. The number of aliphatic hydroxyl groups excluding tert-OH is 5. The van der Waals surface area contributed by atoms with Crippen LogP contribution in [0.1, 0.15) is 11.8 Å². The van der Waals surface area contributed by atoms with Gasteiger partial charge in [-0.15, -0.1) is 0 Å². The number of alkyl halides is 3. The summed E-state index contributed by atoms with van der Waals surface area (Å²) in [6, 6.07) is 0. The molecule has 222 valence electrons. The van der Waals surface area contributed by atoms with Crippen molar-refractivity contribution in [2.45, 2.75) is 55.6 Å². The van der Waals surface area contributed by atoms with E-state index in [9.17, 15) is 38.1 Å². The second-order valence-corrected chi connectivity index (χ2v) is 8.72. The maximum absolute atomic E-state index is 14.5. The number of halogens is 3. The minimum Gasteiger partial charge on any atom is -0.412 e. The van der Waals surface area contributed by atoms with Crippen molar-refractivity contribution in [2.75, 3.05) is 18.9 Å². The van der Waals surface area contributed by atoms with Crippen molar-refractivity contribution in [3.63, 3.8) is 0 Å². The Labute approximate surface area is 220 Å². The van der Waals surface area contributed by atoms with Crippen molar-refractivity contribution in [1.82, 2.24) is 29.1 Å². The number of nitrogens with two attached hydrogens (primary N) is 1. The number of fused-ring (bicyclic) bond motifs is 1. The van der Waals surface area contributed by atoms with Crippen LogP contribution in [-0.4, -0.2) is 110 Å². The van der Waals surface area contributed by atoms with Crippen LogP contribution >= 0.6 is 0 Å². The number of H-pyrrole nitrogens is 1. The van der Waals surface area contributed by atoms with E-state index in [4.69, 9.17) is 20.7 Å². The minimum absolute atomic E-state index is 0. The zero-order valence-corrected chi connectivity index (χ0v) is 20.4. The fourth-order valence-corrected chi connectivity index (χ4v) is 4.06. The molecule has 2 fully saturated rings. The van der Waals surface area contributed by atoms with Crippen molar-refractivity contribution in [3.8, 4) is 0 Å². The highest BCUT2D eigenvalue weighted by atomic mass is 19.3. The van der Waals surface area contributed by atoms with Gasteiger partial charge in [-0.05, 0) is 6.92 Å². The Bertz CT molecular complexity index is 1470. The number of anilines is 1. The third-order valence-corrected chi connectivity index (χ3v) is 6.23. The largest absolute Gasteiger partial charge is 0.412 e. The maximum Gasteiger partial charge on any atom is 0.365 e. The number of aliphatic hydroxyl groups is 5. The van der Waals surface area contributed by atoms with Crippen molar-refractivity contribution in [3.05, 3.63) is 45.3 Å². The van der Waals surface area contributed by atoms with Gasteiger partial charge in [-0.2, -0.15) is 13.2 Å². The molecule has 10 N–H and O–H groups in total. The van der Waals surface area contributed by atoms with Crippen LogP contribution in [-0.2, 0) is 15.5 Å². The van der Waals surface area contributed by atoms with Crippen LogP contribution in [0.3, 0.4) is 0 Å². The highest BCUT2D eigenvalue weighted by molar-refractivity contribution is 5.81. The molecule has 3 aromatic heterocycles. The first-order valence-electron chi connectivity index (χ1n) is 11.2. The molecule has 20 heteroatoms. The van der Waals surface area contributed by atoms with Crippen molar-refractivity contribution in [1.29, 1.82) is 0 Å². The van der Waals surface area contributed by atoms with Crippen LogP contribution in [0, 0.1) is 6.92 Å². The summed E-state index contributed by atoms with van der Waals surface area (Å²) in [5.41, 5.74) is 3.91. The van der Waals surface area contributed by atoms with Crippen LogP contribution in [0.5, 0.6) is 0 Å². The molecule has 2 aliphatic heterocycles. The minimum atomic E-state index is -4.49. The SMILES string of the molecule is Cc1cn([C@]2(F)O[C@H](CO)[C@@H](O)C2(F)F)c(=O)[nH]c1=O.Nc1ncnc2c1ncn2[C@@H]1O[C@H](CO)[C@@H](O)[C@@H]1O.O. The van der Waals surface area contributed by atoms with Gasteiger partial charge in [0.25, 0.3) is 5.56 Å². The van der Waals surface area contributed by atoms with E-state index in [1.807, 2.05) is 0 Å². The second-order valence-electron chi connectivity index (χ2n) is 8.72. The van der Waals surface area contributed by atoms with E-state index in [-0.39, 0.29) is 21.4 Å². The summed E-state index contributed by atoms with van der Waals surface area (Å²) in [6.07, 6.45) is -5.42. The number of rotatable bonds is 4. The summed E-state index contributed by atoms with van der Waals surface area (Å²) in [7, 11) is 0. The standard InChI is InChI=1S/C10H11F3N2O5.C10H13N5O4.H2O/c1-4-2-15(8(19)14-7(4)18)10(13)9(11,12)6(17)5(3-16)20-10;11-8-5-9(13-2-12-8)15(3-14-5)10-7(18)6(17)4(1-16)19-10;/h2,5-6,16-17H,3H2,1H3,(H,14,18,19);2-4,6-7,10,16-18H,1H2,(H2,11,12,13);1H2/t5-,6-,10+;4-,6-,7+,10-;/m11./s1. The summed E-state index contributed by atoms with van der Waals surface area (Å²) in [4.78, 5) is 36.2. The predicted molar refractivity (Wildman–Crippen MR) is 124 cm³/mol. The summed E-state index contributed by atoms with van der Waals surface area (Å²) in [5.74, 6) is -8.28. The average molecular weight is 581 g/mol. The number of aromatic nitrogens is 6. The van der Waals surface area contributed by atoms with Gasteiger partial charge in [-0.3, -0.25) is 14.3 Å². The molecular weight excluding hydrogens is 555 g/mol. The Morgan fingerprint density at radius 1 is 1.07 bits per heavy atom. The van der Waals surface area contributed by atoms with E-state index >= 15 is 0 Å². The van der Waals surface area contributed by atoms with Crippen LogP contribution < -0.4 is 17.0 Å². The molecule has 5 rings (SSSR count). The van der Waals surface area contributed by atoms with Gasteiger partial charge in [0.05, 0.1) is 19.5 Å². The lowest BCUT2D eigenvalue weighted by atomic mass is 10.1. The highest BCUT2D eigenvalue weighted by Crippen LogP contribution is 2.48. The van der Waals surface area contributed by atoms with E-state index in [0.29, 0.717) is 17.4 Å². The molecule has 0 aromatic carbocycles. The number of hydrogen-bond donors (Lipinski definition) is 7. The molecule has 0 spiro atoms. The van der Waals surface area contributed by atoms with E-state index in [0.717, 1.165) is 0 Å². The van der Waals surface area contributed by atoms with Gasteiger partial charge in [0, 0.05) is 11.8 Å². The van der Waals surface area contributed by atoms with Gasteiger partial charge in [0.2, 0.25) is 0 Å². The fourth-order valence-electron chi connectivity index (χ4n) is 4.06. The molecule has 7 atom stereocenters. The third kappa shape index (κ3) is 4.83.